The third-order valence-electron chi connectivity index (χ3n) is 5.63. The lowest BCUT2D eigenvalue weighted by molar-refractivity contribution is -0.156. The first kappa shape index (κ1) is 30.5. The molecule has 0 aliphatic rings. The van der Waals surface area contributed by atoms with Crippen LogP contribution in [0.1, 0.15) is 65.2 Å². The number of unbranched alkanes of at least 4 members (excludes halogenated alkanes) is 5. The van der Waals surface area contributed by atoms with Crippen LogP contribution in [0.4, 0.5) is 5.69 Å². The minimum absolute atomic E-state index is 0.000632. The average Bonchev–Trinajstić information content (AvgIpc) is 2.81. The Balaban J connectivity index is 2.29. The lowest BCUT2D eigenvalue weighted by Crippen LogP contribution is -2.26. The second kappa shape index (κ2) is 15.5. The number of hydrogen-bond donors (Lipinski definition) is 2. The molecule has 0 aromatic heterocycles. The van der Waals surface area contributed by atoms with Crippen molar-refractivity contribution >= 4 is 33.5 Å². The van der Waals surface area contributed by atoms with Gasteiger partial charge < -0.3 is 19.5 Å². The van der Waals surface area contributed by atoms with Gasteiger partial charge in [0, 0.05) is 19.6 Å². The van der Waals surface area contributed by atoms with Crippen LogP contribution in [-0.2, 0) is 34.0 Å². The molecule has 0 aliphatic heterocycles. The Kier molecular flexibility index (Phi) is 13.5. The van der Waals surface area contributed by atoms with Crippen LogP contribution in [-0.4, -0.2) is 57.6 Å². The quantitative estimate of drug-likeness (QED) is 0.180. The summed E-state index contributed by atoms with van der Waals surface area (Å²) >= 11 is 0. The highest BCUT2D eigenvalue weighted by Gasteiger charge is 2.20. The number of hydrogen-bond acceptors (Lipinski definition) is 8. The van der Waals surface area contributed by atoms with Crippen LogP contribution in [0.3, 0.4) is 0 Å². The topological polar surface area (TPSA) is 145 Å². The van der Waals surface area contributed by atoms with Crippen molar-refractivity contribution in [1.29, 1.82) is 0 Å². The van der Waals surface area contributed by atoms with Crippen molar-refractivity contribution in [2.45, 2.75) is 76.2 Å². The third kappa shape index (κ3) is 11.7. The normalized spacial score (nSPS) is 13.1. The molecule has 11 heteroatoms. The number of Topliss-reactive ketones (excluding diaryl/α,β-unsaturated/α-hetero) is 1. The summed E-state index contributed by atoms with van der Waals surface area (Å²) in [6, 6.07) is 4.00. The molecule has 0 saturated carbocycles. The molecule has 1 amide bonds. The molecule has 0 bridgehead atoms. The summed E-state index contributed by atoms with van der Waals surface area (Å²) in [6.07, 6.45) is 5.26. The van der Waals surface area contributed by atoms with Gasteiger partial charge in [-0.15, -0.1) is 0 Å². The summed E-state index contributed by atoms with van der Waals surface area (Å²) in [5, 5.41) is 2.52. The van der Waals surface area contributed by atoms with E-state index in [1.165, 1.54) is 33.3 Å². The Morgan fingerprint density at radius 3 is 2.23 bits per heavy atom. The molecule has 0 radical (unpaired) electrons. The molecule has 0 spiro atoms. The maximum absolute atomic E-state index is 12.2. The fourth-order valence-corrected chi connectivity index (χ4v) is 4.00. The summed E-state index contributed by atoms with van der Waals surface area (Å²) in [5.41, 5.74) is 0.000632. The number of rotatable bonds is 17. The van der Waals surface area contributed by atoms with Crippen LogP contribution in [0, 0.1) is 5.92 Å². The maximum atomic E-state index is 12.2. The van der Waals surface area contributed by atoms with Gasteiger partial charge in [0.05, 0.1) is 18.7 Å². The second-order valence-corrected chi connectivity index (χ2v) is 9.75. The van der Waals surface area contributed by atoms with Crippen molar-refractivity contribution in [3.05, 3.63) is 18.2 Å². The fourth-order valence-electron chi connectivity index (χ4n) is 3.34. The smallest absolute Gasteiger partial charge is 0.334 e. The van der Waals surface area contributed by atoms with Crippen molar-refractivity contribution in [1.82, 2.24) is 0 Å². The van der Waals surface area contributed by atoms with E-state index in [0.29, 0.717) is 12.8 Å². The predicted octanol–water partition coefficient (Wildman–Crippen LogP) is 3.78. The summed E-state index contributed by atoms with van der Waals surface area (Å²) in [4.78, 5) is 35.3. The first-order valence-electron chi connectivity index (χ1n) is 11.6. The second-order valence-electron chi connectivity index (χ2n) is 8.36. The highest BCUT2D eigenvalue weighted by atomic mass is 32.2. The first-order valence-corrected chi connectivity index (χ1v) is 13.1. The summed E-state index contributed by atoms with van der Waals surface area (Å²) in [7, 11) is -1.74. The SMILES string of the molecule is COc1ccc(NC(=O)CCCCCCCCC(COC(=O)C(C)OC)C(C)=O)c(S(=O)(=O)O)c1. The van der Waals surface area contributed by atoms with Gasteiger partial charge in [-0.2, -0.15) is 8.42 Å². The Morgan fingerprint density at radius 2 is 1.66 bits per heavy atom. The van der Waals surface area contributed by atoms with Crippen LogP contribution in [0.25, 0.3) is 0 Å². The zero-order chi connectivity index (χ0) is 26.4. The number of methoxy groups -OCH3 is 2. The standard InChI is InChI=1S/C24H37NO9S/c1-17(26)19(16-34-24(28)18(2)32-3)11-9-7-5-6-8-10-12-23(27)25-21-14-13-20(33-4)15-22(21)35(29,30)31/h13-15,18-19H,5-12,16H2,1-4H3,(H,25,27)(H,29,30,31). The van der Waals surface area contributed by atoms with E-state index < -0.39 is 27.1 Å². The van der Waals surface area contributed by atoms with Gasteiger partial charge >= 0.3 is 5.97 Å². The van der Waals surface area contributed by atoms with E-state index in [-0.39, 0.29) is 42.1 Å². The molecule has 0 saturated heterocycles. The highest BCUT2D eigenvalue weighted by molar-refractivity contribution is 7.86. The Hall–Kier alpha value is -2.50. The van der Waals surface area contributed by atoms with Gasteiger partial charge in [0.1, 0.15) is 23.0 Å². The first-order chi connectivity index (χ1) is 16.5. The fraction of sp³-hybridized carbons (Fsp3) is 0.625. The molecule has 1 aromatic carbocycles. The number of benzene rings is 1. The number of ketones is 1. The molecule has 10 nitrogen and oxygen atoms in total. The van der Waals surface area contributed by atoms with E-state index in [0.717, 1.165) is 38.2 Å². The van der Waals surface area contributed by atoms with Gasteiger partial charge in [-0.3, -0.25) is 14.1 Å². The maximum Gasteiger partial charge on any atom is 0.334 e. The van der Waals surface area contributed by atoms with E-state index in [1.54, 1.807) is 6.92 Å². The van der Waals surface area contributed by atoms with E-state index in [9.17, 15) is 27.4 Å². The summed E-state index contributed by atoms with van der Waals surface area (Å²) < 4.78 is 47.6. The highest BCUT2D eigenvalue weighted by Crippen LogP contribution is 2.26. The Bertz CT molecular complexity index is 946. The van der Waals surface area contributed by atoms with Gasteiger partial charge in [0.15, 0.2) is 6.10 Å². The Morgan fingerprint density at radius 1 is 1.03 bits per heavy atom. The van der Waals surface area contributed by atoms with Crippen molar-refractivity contribution in [2.24, 2.45) is 5.92 Å². The minimum Gasteiger partial charge on any atom is -0.497 e. The van der Waals surface area contributed by atoms with E-state index in [4.69, 9.17) is 14.2 Å². The number of nitrogens with one attached hydrogen (secondary N) is 1. The van der Waals surface area contributed by atoms with Crippen LogP contribution < -0.4 is 10.1 Å². The van der Waals surface area contributed by atoms with E-state index >= 15 is 0 Å². The van der Waals surface area contributed by atoms with Crippen molar-refractivity contribution in [3.8, 4) is 5.75 Å². The van der Waals surface area contributed by atoms with E-state index in [2.05, 4.69) is 5.32 Å². The molecule has 0 fully saturated rings. The number of esters is 1. The van der Waals surface area contributed by atoms with Crippen molar-refractivity contribution in [3.63, 3.8) is 0 Å². The van der Waals surface area contributed by atoms with Gasteiger partial charge in [0.2, 0.25) is 5.91 Å². The average molecular weight is 516 g/mol. The van der Waals surface area contributed by atoms with Crippen molar-refractivity contribution < 1.29 is 41.6 Å². The largest absolute Gasteiger partial charge is 0.497 e. The molecule has 1 rings (SSSR count). The number of amides is 1. The monoisotopic (exact) mass is 515 g/mol. The van der Waals surface area contributed by atoms with Gasteiger partial charge in [-0.05, 0) is 38.8 Å². The van der Waals surface area contributed by atoms with Gasteiger partial charge in [-0.25, -0.2) is 4.79 Å². The number of carbonyl (C=O) groups excluding carboxylic acids is 3. The molecule has 0 heterocycles. The summed E-state index contributed by atoms with van der Waals surface area (Å²) in [5.74, 6) is -0.919. The molecule has 2 N–H and O–H groups in total. The lowest BCUT2D eigenvalue weighted by Gasteiger charge is -2.16. The molecule has 198 valence electrons. The van der Waals surface area contributed by atoms with Crippen LogP contribution >= 0.6 is 0 Å². The lowest BCUT2D eigenvalue weighted by atomic mass is 9.97. The molecule has 0 aliphatic carbocycles. The molecule has 1 aromatic rings. The van der Waals surface area contributed by atoms with Crippen molar-refractivity contribution in [2.75, 3.05) is 26.1 Å². The minimum atomic E-state index is -4.52. The number of anilines is 1. The predicted molar refractivity (Wildman–Crippen MR) is 130 cm³/mol. The number of ether oxygens (including phenoxy) is 3. The van der Waals surface area contributed by atoms with Gasteiger partial charge in [-0.1, -0.05) is 32.1 Å². The third-order valence-corrected chi connectivity index (χ3v) is 6.53. The Labute approximate surface area is 207 Å². The molecular formula is C24H37NO9S. The summed E-state index contributed by atoms with van der Waals surface area (Å²) in [6.45, 7) is 3.14. The van der Waals surface area contributed by atoms with Crippen LogP contribution in [0.5, 0.6) is 5.75 Å². The van der Waals surface area contributed by atoms with Gasteiger partial charge in [0.25, 0.3) is 10.1 Å². The zero-order valence-corrected chi connectivity index (χ0v) is 21.7. The molecule has 35 heavy (non-hydrogen) atoms. The zero-order valence-electron chi connectivity index (χ0n) is 20.9. The van der Waals surface area contributed by atoms with E-state index in [1.807, 2.05) is 0 Å². The van der Waals surface area contributed by atoms with Crippen LogP contribution in [0.2, 0.25) is 0 Å². The van der Waals surface area contributed by atoms with Crippen LogP contribution in [0.15, 0.2) is 23.1 Å². The molecule has 2 unspecified atom stereocenters. The molecule has 2 atom stereocenters. The molecular weight excluding hydrogens is 478 g/mol. The number of carbonyl (C=O) groups is 3.